The smallest absolute Gasteiger partial charge is 0.280 e. The molecule has 0 aliphatic carbocycles. The molecule has 0 saturated carbocycles. The Morgan fingerprint density at radius 3 is 0.552 bits per heavy atom. The maximum absolute atomic E-state index is 8.22. The largest absolute Gasteiger partial charge is 0.484 e. The highest BCUT2D eigenvalue weighted by Crippen LogP contribution is 2.38. The first-order valence-electron chi connectivity index (χ1n) is 23.7. The number of hydrogen-bond donors (Lipinski definition) is 0. The molecule has 0 aliphatic rings. The Kier molecular flexibility index (Phi) is 16.5. The highest BCUT2D eigenvalue weighted by Gasteiger charge is 2.41. The van der Waals surface area contributed by atoms with Crippen molar-refractivity contribution in [3.63, 3.8) is 0 Å². The van der Waals surface area contributed by atoms with Gasteiger partial charge in [0.05, 0.1) is 0 Å². The molecule has 0 bridgehead atoms. The van der Waals surface area contributed by atoms with Gasteiger partial charge in [-0.3, -0.25) is 0 Å². The molecule has 0 spiro atoms. The summed E-state index contributed by atoms with van der Waals surface area (Å²) in [6.45, 7) is 49.1. The third-order valence-electron chi connectivity index (χ3n) is 8.40. The molecule has 11 heteroatoms. The molecule has 4 rings (SSSR count). The van der Waals surface area contributed by atoms with Crippen LogP contribution in [0, 0.1) is 0 Å². The molecule has 4 aromatic carbocycles. The van der Waals surface area contributed by atoms with Crippen LogP contribution in [0.15, 0.2) is 72.8 Å². The van der Waals surface area contributed by atoms with E-state index in [1.165, 1.54) is 0 Å². The zero-order chi connectivity index (χ0) is 50.9. The summed E-state index contributed by atoms with van der Waals surface area (Å²) >= 11 is 0. The van der Waals surface area contributed by atoms with Crippen LogP contribution in [0.5, 0.6) is 46.0 Å². The lowest BCUT2D eigenvalue weighted by Crippen LogP contribution is -2.57. The molecule has 67 heavy (non-hydrogen) atoms. The Labute approximate surface area is 409 Å². The Hall–Kier alpha value is -4.33. The predicted molar refractivity (Wildman–Crippen MR) is 280 cm³/mol. The van der Waals surface area contributed by atoms with Crippen molar-refractivity contribution in [2.45, 2.75) is 211 Å². The van der Waals surface area contributed by atoms with Crippen molar-refractivity contribution in [2.24, 2.45) is 0 Å². The van der Waals surface area contributed by atoms with E-state index in [0.29, 0.717) is 46.0 Å². The molecule has 0 aliphatic heterocycles. The minimum atomic E-state index is -2.52. The Morgan fingerprint density at radius 1 is 0.239 bits per heavy atom. The maximum atomic E-state index is 8.22. The van der Waals surface area contributed by atoms with E-state index in [4.69, 9.17) is 42.0 Å². The quantitative estimate of drug-likeness (QED) is 0.115. The SMILES string of the molecule is CC(C)(C)Oc1cccc([Si](O[Si](c2cccc(OC(C)(C)C)c2OC(C)(C)C)c2cccc(OC(C)(C)C)c2OC(C)(C)C)c2cccc(OC(C)(C)C)c2OC(C)(C)C)c1OC(C)(C)C. The Morgan fingerprint density at radius 2 is 0.403 bits per heavy atom. The molecule has 0 saturated heterocycles. The van der Waals surface area contributed by atoms with E-state index < -0.39 is 62.9 Å². The summed E-state index contributed by atoms with van der Waals surface area (Å²) in [6.07, 6.45) is 0. The molecule has 2 radical (unpaired) electrons. The van der Waals surface area contributed by atoms with E-state index in [9.17, 15) is 0 Å². The topological polar surface area (TPSA) is 83.1 Å². The van der Waals surface area contributed by atoms with Gasteiger partial charge in [0.15, 0.2) is 46.0 Å². The molecule has 0 unspecified atom stereocenters. The summed E-state index contributed by atoms with van der Waals surface area (Å²) in [5.41, 5.74) is -4.65. The molecule has 0 fully saturated rings. The first kappa shape index (κ1) is 55.3. The highest BCUT2D eigenvalue weighted by atomic mass is 28.4. The van der Waals surface area contributed by atoms with E-state index in [0.717, 1.165) is 20.7 Å². The Bertz CT molecular complexity index is 1960. The summed E-state index contributed by atoms with van der Waals surface area (Å²) in [6, 6.07) is 24.3. The maximum Gasteiger partial charge on any atom is 0.280 e. The molecule has 370 valence electrons. The fourth-order valence-corrected chi connectivity index (χ4v) is 12.3. The van der Waals surface area contributed by atoms with Crippen LogP contribution in [0.25, 0.3) is 0 Å². The fourth-order valence-electron chi connectivity index (χ4n) is 6.68. The summed E-state index contributed by atoms with van der Waals surface area (Å²) in [7, 11) is -5.04. The second-order valence-electron chi connectivity index (χ2n) is 25.0. The van der Waals surface area contributed by atoms with Gasteiger partial charge in [-0.2, -0.15) is 0 Å². The van der Waals surface area contributed by atoms with Gasteiger partial charge in [0.2, 0.25) is 0 Å². The zero-order valence-electron chi connectivity index (χ0n) is 45.6. The van der Waals surface area contributed by atoms with Crippen molar-refractivity contribution < 1.29 is 42.0 Å². The highest BCUT2D eigenvalue weighted by molar-refractivity contribution is 6.93. The van der Waals surface area contributed by atoms with Gasteiger partial charge in [0.25, 0.3) is 18.1 Å². The molecule has 4 aromatic rings. The van der Waals surface area contributed by atoms with Crippen LogP contribution in [0.2, 0.25) is 0 Å². The lowest BCUT2D eigenvalue weighted by molar-refractivity contribution is 0.0961. The normalized spacial score (nSPS) is 13.4. The van der Waals surface area contributed by atoms with Gasteiger partial charge < -0.3 is 42.0 Å². The third kappa shape index (κ3) is 17.6. The lowest BCUT2D eigenvalue weighted by atomic mass is 10.1. The minimum absolute atomic E-state index is 0.544. The van der Waals surface area contributed by atoms with Gasteiger partial charge in [-0.05, 0) is 190 Å². The van der Waals surface area contributed by atoms with Gasteiger partial charge >= 0.3 is 0 Å². The summed E-state index contributed by atoms with van der Waals surface area (Å²) in [4.78, 5) is 0. The van der Waals surface area contributed by atoms with Crippen molar-refractivity contribution >= 4 is 38.8 Å². The van der Waals surface area contributed by atoms with Crippen LogP contribution in [-0.4, -0.2) is 62.9 Å². The van der Waals surface area contributed by atoms with Gasteiger partial charge in [-0.1, -0.05) is 48.5 Å². The number of para-hydroxylation sites is 4. The van der Waals surface area contributed by atoms with Crippen molar-refractivity contribution in [2.75, 3.05) is 0 Å². The molecule has 0 N–H and O–H groups in total. The average Bonchev–Trinajstić information content (AvgIpc) is 3.08. The van der Waals surface area contributed by atoms with Crippen LogP contribution in [-0.2, 0) is 4.12 Å². The van der Waals surface area contributed by atoms with Crippen LogP contribution < -0.4 is 58.6 Å². The second kappa shape index (κ2) is 20.0. The van der Waals surface area contributed by atoms with Crippen molar-refractivity contribution in [3.05, 3.63) is 72.8 Å². The van der Waals surface area contributed by atoms with Crippen LogP contribution in [0.3, 0.4) is 0 Å². The van der Waals surface area contributed by atoms with Crippen molar-refractivity contribution in [1.29, 1.82) is 0 Å². The van der Waals surface area contributed by atoms with E-state index in [1.54, 1.807) is 0 Å². The van der Waals surface area contributed by atoms with Crippen LogP contribution >= 0.6 is 0 Å². The molecule has 0 amide bonds. The van der Waals surface area contributed by atoms with E-state index in [1.807, 2.05) is 215 Å². The molecule has 9 nitrogen and oxygen atoms in total. The second-order valence-corrected chi connectivity index (χ2v) is 29.3. The van der Waals surface area contributed by atoms with E-state index in [-0.39, 0.29) is 0 Å². The lowest BCUT2D eigenvalue weighted by Gasteiger charge is -2.35. The fraction of sp³-hybridized carbons (Fsp3) is 0.571. The number of hydrogen-bond acceptors (Lipinski definition) is 9. The molecular weight excluding hydrogens is 873 g/mol. The molecular formula is C56H84O9Si2. The van der Waals surface area contributed by atoms with E-state index >= 15 is 0 Å². The van der Waals surface area contributed by atoms with Gasteiger partial charge in [-0.25, -0.2) is 0 Å². The van der Waals surface area contributed by atoms with Crippen molar-refractivity contribution in [3.8, 4) is 46.0 Å². The number of benzene rings is 4. The predicted octanol–water partition coefficient (Wildman–Crippen LogP) is 12.0. The van der Waals surface area contributed by atoms with E-state index in [2.05, 4.69) is 24.3 Å². The Balaban J connectivity index is 2.35. The molecule has 0 atom stereocenters. The molecule has 0 aromatic heterocycles. The van der Waals surface area contributed by atoms with Gasteiger partial charge in [-0.15, -0.1) is 0 Å². The summed E-state index contributed by atoms with van der Waals surface area (Å²) in [5.74, 6) is 4.80. The first-order chi connectivity index (χ1) is 30.2. The summed E-state index contributed by atoms with van der Waals surface area (Å²) < 4.78 is 63.5. The van der Waals surface area contributed by atoms with Crippen LogP contribution in [0.1, 0.15) is 166 Å². The average molecular weight is 957 g/mol. The summed E-state index contributed by atoms with van der Waals surface area (Å²) in [5, 5.41) is 3.32. The third-order valence-corrected chi connectivity index (χ3v) is 13.6. The zero-order valence-corrected chi connectivity index (χ0v) is 47.6. The first-order valence-corrected chi connectivity index (χ1v) is 26.5. The number of rotatable bonds is 14. The standard InChI is InChI=1S/C56H84O9Si2/c1-49(2,3)57-37-29-25-33-41(45(37)61-53(13,14)15)66(42-34-26-30-38(58-50(4,5)6)46(42)62-54(16,17)18)65-67(43-35-27-31-39(59-51(7,8)9)47(43)63-55(19,20)21)44-36-28-32-40(60-52(10,11)12)48(44)64-56(22,23)24/h25-36H,1-24H3. The van der Waals surface area contributed by atoms with Crippen LogP contribution in [0.4, 0.5) is 0 Å². The minimum Gasteiger partial charge on any atom is -0.484 e. The number of ether oxygens (including phenoxy) is 8. The van der Waals surface area contributed by atoms with Crippen molar-refractivity contribution in [1.82, 2.24) is 0 Å². The van der Waals surface area contributed by atoms with Gasteiger partial charge in [0, 0.05) is 20.7 Å². The van der Waals surface area contributed by atoms with Gasteiger partial charge in [0.1, 0.15) is 44.8 Å². The monoisotopic (exact) mass is 957 g/mol. The molecule has 0 heterocycles.